The van der Waals surface area contributed by atoms with Crippen LogP contribution in [0.5, 0.6) is 0 Å². The summed E-state index contributed by atoms with van der Waals surface area (Å²) in [5, 5.41) is 3.60. The molecule has 1 amide bonds. The maximum atomic E-state index is 12.9. The topological polar surface area (TPSA) is 102 Å². The van der Waals surface area contributed by atoms with Gasteiger partial charge in [0.15, 0.2) is 5.16 Å². The van der Waals surface area contributed by atoms with Crippen LogP contribution >= 0.6 is 11.8 Å². The van der Waals surface area contributed by atoms with Crippen LogP contribution in [0.25, 0.3) is 0 Å². The number of hydrogen-bond acceptors (Lipinski definition) is 8. The third kappa shape index (κ3) is 3.62. The fraction of sp³-hybridized carbons (Fsp3) is 0.526. The van der Waals surface area contributed by atoms with E-state index in [0.29, 0.717) is 24.8 Å². The Morgan fingerprint density at radius 1 is 1.28 bits per heavy atom. The van der Waals surface area contributed by atoms with Gasteiger partial charge in [-0.3, -0.25) is 14.2 Å². The Kier molecular flexibility index (Phi) is 4.96. The normalized spacial score (nSPS) is 20.4. The number of fused-ring (bicyclic) bond motifs is 2. The van der Waals surface area contributed by atoms with Crippen molar-refractivity contribution in [1.29, 1.82) is 0 Å². The summed E-state index contributed by atoms with van der Waals surface area (Å²) in [4.78, 5) is 40.8. The molecule has 1 saturated heterocycles. The van der Waals surface area contributed by atoms with Gasteiger partial charge in [0.25, 0.3) is 5.56 Å². The van der Waals surface area contributed by atoms with E-state index in [4.69, 9.17) is 4.74 Å². The Hall–Kier alpha value is -2.46. The van der Waals surface area contributed by atoms with Crippen molar-refractivity contribution < 1.29 is 9.53 Å². The molecule has 1 unspecified atom stereocenters. The van der Waals surface area contributed by atoms with E-state index in [2.05, 4.69) is 25.2 Å². The molecule has 152 valence electrons. The lowest BCUT2D eigenvalue weighted by atomic mass is 10.2. The molecule has 1 atom stereocenters. The summed E-state index contributed by atoms with van der Waals surface area (Å²) in [6, 6.07) is 1.60. The highest BCUT2D eigenvalue weighted by molar-refractivity contribution is 7.99. The zero-order valence-electron chi connectivity index (χ0n) is 16.0. The number of nitrogens with zero attached hydrogens (tertiary/aromatic N) is 5. The average Bonchev–Trinajstić information content (AvgIpc) is 3.37. The van der Waals surface area contributed by atoms with Crippen molar-refractivity contribution in [1.82, 2.24) is 19.5 Å². The first-order chi connectivity index (χ1) is 14.2. The van der Waals surface area contributed by atoms with E-state index in [1.54, 1.807) is 22.4 Å². The predicted molar refractivity (Wildman–Crippen MR) is 109 cm³/mol. The SMILES string of the molecule is O=C(CC1CSc2nc3c(c(=O)n21)CCC3)Nc1cc(N2CCOCC2)ncn1. The highest BCUT2D eigenvalue weighted by Crippen LogP contribution is 2.34. The second-order valence-electron chi connectivity index (χ2n) is 7.43. The minimum atomic E-state index is -0.179. The van der Waals surface area contributed by atoms with Gasteiger partial charge in [0.05, 0.1) is 24.9 Å². The van der Waals surface area contributed by atoms with Gasteiger partial charge < -0.3 is 15.0 Å². The largest absolute Gasteiger partial charge is 0.378 e. The van der Waals surface area contributed by atoms with E-state index in [1.165, 1.54) is 6.33 Å². The number of aromatic nitrogens is 4. The van der Waals surface area contributed by atoms with Gasteiger partial charge in [0, 0.05) is 36.9 Å². The number of nitrogens with one attached hydrogen (secondary N) is 1. The molecule has 0 bridgehead atoms. The van der Waals surface area contributed by atoms with Crippen molar-refractivity contribution in [3.63, 3.8) is 0 Å². The van der Waals surface area contributed by atoms with Crippen LogP contribution in [0.2, 0.25) is 0 Å². The lowest BCUT2D eigenvalue weighted by molar-refractivity contribution is -0.116. The highest BCUT2D eigenvalue weighted by Gasteiger charge is 2.31. The highest BCUT2D eigenvalue weighted by atomic mass is 32.2. The minimum absolute atomic E-state index is 0.0296. The van der Waals surface area contributed by atoms with Crippen molar-refractivity contribution in [3.8, 4) is 0 Å². The number of aryl methyl sites for hydroxylation is 1. The number of amides is 1. The van der Waals surface area contributed by atoms with Crippen LogP contribution < -0.4 is 15.8 Å². The van der Waals surface area contributed by atoms with Crippen LogP contribution in [0.1, 0.15) is 30.1 Å². The predicted octanol–water partition coefficient (Wildman–Crippen LogP) is 1.03. The number of rotatable bonds is 4. The summed E-state index contributed by atoms with van der Waals surface area (Å²) in [7, 11) is 0. The molecule has 0 radical (unpaired) electrons. The molecular weight excluding hydrogens is 392 g/mol. The van der Waals surface area contributed by atoms with Crippen LogP contribution in [0.4, 0.5) is 11.6 Å². The Morgan fingerprint density at radius 2 is 2.14 bits per heavy atom. The van der Waals surface area contributed by atoms with Gasteiger partial charge in [-0.25, -0.2) is 15.0 Å². The van der Waals surface area contributed by atoms with Gasteiger partial charge >= 0.3 is 0 Å². The summed E-state index contributed by atoms with van der Waals surface area (Å²) in [6.45, 7) is 2.86. The van der Waals surface area contributed by atoms with Crippen LogP contribution in [0.3, 0.4) is 0 Å². The van der Waals surface area contributed by atoms with Gasteiger partial charge in [-0.2, -0.15) is 0 Å². The maximum Gasteiger partial charge on any atom is 0.257 e. The van der Waals surface area contributed by atoms with Gasteiger partial charge in [-0.15, -0.1) is 0 Å². The standard InChI is InChI=1S/C19H22N6O3S/c26-17(23-15-9-16(21-11-20-15)24-4-6-28-7-5-24)8-12-10-29-19-22-14-3-1-2-13(14)18(27)25(12)19/h9,11-12H,1-8,10H2,(H,20,21,23,26). The molecule has 10 heteroatoms. The van der Waals surface area contributed by atoms with Crippen LogP contribution in [0, 0.1) is 0 Å². The number of hydrogen-bond donors (Lipinski definition) is 1. The molecule has 2 aromatic rings. The molecule has 1 N–H and O–H groups in total. The average molecular weight is 414 g/mol. The van der Waals surface area contributed by atoms with E-state index in [-0.39, 0.29) is 23.9 Å². The molecule has 4 heterocycles. The molecule has 1 aliphatic carbocycles. The van der Waals surface area contributed by atoms with Crippen LogP contribution in [-0.4, -0.2) is 57.5 Å². The summed E-state index contributed by atoms with van der Waals surface area (Å²) in [5.41, 5.74) is 1.80. The zero-order valence-corrected chi connectivity index (χ0v) is 16.8. The lowest BCUT2D eigenvalue weighted by Gasteiger charge is -2.27. The number of morpholine rings is 1. The molecular formula is C19H22N6O3S. The molecule has 0 aromatic carbocycles. The van der Waals surface area contributed by atoms with E-state index >= 15 is 0 Å². The Labute approximate surface area is 171 Å². The first kappa shape index (κ1) is 18.6. The molecule has 3 aliphatic rings. The lowest BCUT2D eigenvalue weighted by Crippen LogP contribution is -2.36. The fourth-order valence-electron chi connectivity index (χ4n) is 4.09. The number of ether oxygens (including phenoxy) is 1. The second kappa shape index (κ2) is 7.75. The smallest absolute Gasteiger partial charge is 0.257 e. The molecule has 9 nitrogen and oxygen atoms in total. The maximum absolute atomic E-state index is 12.9. The minimum Gasteiger partial charge on any atom is -0.378 e. The fourth-order valence-corrected chi connectivity index (χ4v) is 5.25. The Morgan fingerprint density at radius 3 is 3.00 bits per heavy atom. The van der Waals surface area contributed by atoms with Crippen molar-refractivity contribution in [2.24, 2.45) is 0 Å². The Bertz CT molecular complexity index is 1000. The number of carbonyl (C=O) groups excluding carboxylic acids is 1. The number of anilines is 2. The van der Waals surface area contributed by atoms with E-state index in [1.807, 2.05) is 0 Å². The second-order valence-corrected chi connectivity index (χ2v) is 8.41. The van der Waals surface area contributed by atoms with Gasteiger partial charge in [0.2, 0.25) is 5.91 Å². The molecule has 29 heavy (non-hydrogen) atoms. The molecule has 2 aliphatic heterocycles. The monoisotopic (exact) mass is 414 g/mol. The summed E-state index contributed by atoms with van der Waals surface area (Å²) >= 11 is 1.55. The molecule has 0 spiro atoms. The number of carbonyl (C=O) groups is 1. The number of thioether (sulfide) groups is 1. The van der Waals surface area contributed by atoms with Crippen molar-refractivity contribution in [3.05, 3.63) is 34.0 Å². The van der Waals surface area contributed by atoms with E-state index in [9.17, 15) is 9.59 Å². The van der Waals surface area contributed by atoms with Gasteiger partial charge in [0.1, 0.15) is 18.0 Å². The van der Waals surface area contributed by atoms with Crippen LogP contribution in [-0.2, 0) is 22.4 Å². The summed E-state index contributed by atoms with van der Waals surface area (Å²) < 4.78 is 7.08. The van der Waals surface area contributed by atoms with Crippen molar-refractivity contribution >= 4 is 29.3 Å². The molecule has 0 saturated carbocycles. The third-order valence-electron chi connectivity index (χ3n) is 5.55. The quantitative estimate of drug-likeness (QED) is 0.741. The van der Waals surface area contributed by atoms with Gasteiger partial charge in [-0.05, 0) is 19.3 Å². The molecule has 1 fully saturated rings. The molecule has 5 rings (SSSR count). The Balaban J connectivity index is 1.29. The summed E-state index contributed by atoms with van der Waals surface area (Å²) in [6.07, 6.45) is 4.33. The molecule has 2 aromatic heterocycles. The zero-order chi connectivity index (χ0) is 19.8. The van der Waals surface area contributed by atoms with Crippen molar-refractivity contribution in [2.75, 3.05) is 42.3 Å². The first-order valence-electron chi connectivity index (χ1n) is 9.91. The van der Waals surface area contributed by atoms with E-state index < -0.39 is 0 Å². The first-order valence-corrected chi connectivity index (χ1v) is 10.9. The van der Waals surface area contributed by atoms with Crippen molar-refractivity contribution in [2.45, 2.75) is 36.9 Å². The van der Waals surface area contributed by atoms with Crippen LogP contribution in [0.15, 0.2) is 22.3 Å². The summed E-state index contributed by atoms with van der Waals surface area (Å²) in [5.74, 6) is 1.76. The van der Waals surface area contributed by atoms with E-state index in [0.717, 1.165) is 54.6 Å². The van der Waals surface area contributed by atoms with Gasteiger partial charge in [-0.1, -0.05) is 11.8 Å². The third-order valence-corrected chi connectivity index (χ3v) is 6.65.